The highest BCUT2D eigenvalue weighted by Gasteiger charge is 2.26. The zero-order valence-electron chi connectivity index (χ0n) is 15.7. The summed E-state index contributed by atoms with van der Waals surface area (Å²) in [5.41, 5.74) is 5.54. The fourth-order valence-corrected chi connectivity index (χ4v) is 3.56. The van der Waals surface area contributed by atoms with Gasteiger partial charge in [-0.25, -0.2) is 9.18 Å². The Balaban J connectivity index is 1.71. The first-order chi connectivity index (χ1) is 12.2. The number of nitrogens with one attached hydrogen (secondary N) is 1. The SMILES string of the molecule is CC(C)(CCC1CCC(OC(N)=O)CC1)NC[C@H](O)c1cccc(F)c1. The average molecular weight is 366 g/mol. The number of aliphatic hydroxyl groups is 1. The molecule has 1 aliphatic rings. The van der Waals surface area contributed by atoms with Crippen LogP contribution in [-0.4, -0.2) is 29.4 Å². The van der Waals surface area contributed by atoms with E-state index in [9.17, 15) is 14.3 Å². The molecule has 2 rings (SSSR count). The topological polar surface area (TPSA) is 84.6 Å². The highest BCUT2D eigenvalue weighted by atomic mass is 19.1. The molecule has 1 aromatic rings. The molecule has 5 nitrogen and oxygen atoms in total. The Morgan fingerprint density at radius 3 is 2.69 bits per heavy atom. The van der Waals surface area contributed by atoms with Crippen LogP contribution in [0.25, 0.3) is 0 Å². The second kappa shape index (κ2) is 9.33. The molecule has 4 N–H and O–H groups in total. The molecule has 0 spiro atoms. The number of nitrogens with two attached hydrogens (primary N) is 1. The van der Waals surface area contributed by atoms with Gasteiger partial charge in [-0.2, -0.15) is 0 Å². The lowest BCUT2D eigenvalue weighted by Crippen LogP contribution is -2.42. The lowest BCUT2D eigenvalue weighted by atomic mass is 9.82. The zero-order valence-corrected chi connectivity index (χ0v) is 15.7. The fourth-order valence-electron chi connectivity index (χ4n) is 3.56. The summed E-state index contributed by atoms with van der Waals surface area (Å²) in [4.78, 5) is 10.8. The summed E-state index contributed by atoms with van der Waals surface area (Å²) in [5, 5.41) is 13.6. The molecule has 0 unspecified atom stereocenters. The van der Waals surface area contributed by atoms with Crippen molar-refractivity contribution in [2.45, 2.75) is 70.1 Å². The number of β-amino-alcohol motifs (C(OH)–C–C–N with tert-alkyl or cyclic N) is 1. The molecular weight excluding hydrogens is 335 g/mol. The third-order valence-corrected chi connectivity index (χ3v) is 5.26. The molecule has 0 heterocycles. The lowest BCUT2D eigenvalue weighted by molar-refractivity contribution is 0.0682. The summed E-state index contributed by atoms with van der Waals surface area (Å²) >= 11 is 0. The highest BCUT2D eigenvalue weighted by molar-refractivity contribution is 5.64. The Kier molecular flexibility index (Phi) is 7.41. The molecule has 0 saturated heterocycles. The van der Waals surface area contributed by atoms with Gasteiger partial charge in [0.1, 0.15) is 11.9 Å². The van der Waals surface area contributed by atoms with Gasteiger partial charge in [-0.05, 0) is 76.0 Å². The maximum atomic E-state index is 13.3. The van der Waals surface area contributed by atoms with E-state index in [4.69, 9.17) is 10.5 Å². The molecule has 1 amide bonds. The van der Waals surface area contributed by atoms with Gasteiger partial charge in [0.15, 0.2) is 0 Å². The summed E-state index contributed by atoms with van der Waals surface area (Å²) < 4.78 is 18.3. The Labute approximate surface area is 155 Å². The number of amides is 1. The number of carbonyl (C=O) groups is 1. The van der Waals surface area contributed by atoms with Crippen molar-refractivity contribution in [3.63, 3.8) is 0 Å². The second-order valence-electron chi connectivity index (χ2n) is 7.95. The van der Waals surface area contributed by atoms with Crippen molar-refractivity contribution in [1.29, 1.82) is 0 Å². The minimum atomic E-state index is -0.730. The van der Waals surface area contributed by atoms with Gasteiger partial charge >= 0.3 is 6.09 Å². The summed E-state index contributed by atoms with van der Waals surface area (Å²) in [5.74, 6) is 0.286. The van der Waals surface area contributed by atoms with Gasteiger partial charge in [0.25, 0.3) is 0 Å². The van der Waals surface area contributed by atoms with E-state index in [1.807, 2.05) is 0 Å². The maximum Gasteiger partial charge on any atom is 0.404 e. The van der Waals surface area contributed by atoms with E-state index in [1.165, 1.54) is 12.1 Å². The Morgan fingerprint density at radius 1 is 1.38 bits per heavy atom. The van der Waals surface area contributed by atoms with Gasteiger partial charge < -0.3 is 20.9 Å². The first-order valence-corrected chi connectivity index (χ1v) is 9.40. The minimum absolute atomic E-state index is 0.0312. The van der Waals surface area contributed by atoms with Crippen LogP contribution in [0.15, 0.2) is 24.3 Å². The molecule has 1 aromatic carbocycles. The van der Waals surface area contributed by atoms with E-state index in [0.29, 0.717) is 18.0 Å². The molecule has 0 bridgehead atoms. The van der Waals surface area contributed by atoms with Crippen molar-refractivity contribution >= 4 is 6.09 Å². The van der Waals surface area contributed by atoms with Gasteiger partial charge in [0.2, 0.25) is 0 Å². The van der Waals surface area contributed by atoms with Gasteiger partial charge in [-0.3, -0.25) is 0 Å². The van der Waals surface area contributed by atoms with Crippen LogP contribution in [0.3, 0.4) is 0 Å². The van der Waals surface area contributed by atoms with E-state index in [2.05, 4.69) is 19.2 Å². The molecule has 1 aliphatic carbocycles. The number of aliphatic hydroxyl groups excluding tert-OH is 1. The Bertz CT molecular complexity index is 586. The predicted octanol–water partition coefficient (Wildman–Crippen LogP) is 3.66. The second-order valence-corrected chi connectivity index (χ2v) is 7.95. The number of hydrogen-bond acceptors (Lipinski definition) is 4. The number of rotatable bonds is 8. The summed E-state index contributed by atoms with van der Waals surface area (Å²) in [6, 6.07) is 6.08. The molecule has 1 saturated carbocycles. The number of ether oxygens (including phenoxy) is 1. The predicted molar refractivity (Wildman–Crippen MR) is 99.1 cm³/mol. The molecule has 6 heteroatoms. The molecule has 1 fully saturated rings. The van der Waals surface area contributed by atoms with E-state index in [0.717, 1.165) is 38.5 Å². The van der Waals surface area contributed by atoms with E-state index < -0.39 is 12.2 Å². The number of benzene rings is 1. The van der Waals surface area contributed by atoms with Gasteiger partial charge in [0.05, 0.1) is 6.10 Å². The van der Waals surface area contributed by atoms with E-state index in [1.54, 1.807) is 12.1 Å². The van der Waals surface area contributed by atoms with Gasteiger partial charge in [0, 0.05) is 12.1 Å². The van der Waals surface area contributed by atoms with Crippen LogP contribution in [0.5, 0.6) is 0 Å². The Morgan fingerprint density at radius 2 is 2.08 bits per heavy atom. The Hall–Kier alpha value is -1.66. The summed E-state index contributed by atoms with van der Waals surface area (Å²) in [6.07, 6.45) is 4.45. The third kappa shape index (κ3) is 6.92. The van der Waals surface area contributed by atoms with Crippen molar-refractivity contribution in [2.75, 3.05) is 6.54 Å². The quantitative estimate of drug-likeness (QED) is 0.655. The van der Waals surface area contributed by atoms with Crippen LogP contribution < -0.4 is 11.1 Å². The zero-order chi connectivity index (χ0) is 19.2. The maximum absolute atomic E-state index is 13.3. The molecular formula is C20H31FN2O3. The van der Waals surface area contributed by atoms with Crippen molar-refractivity contribution in [3.05, 3.63) is 35.6 Å². The van der Waals surface area contributed by atoms with Crippen LogP contribution in [0, 0.1) is 11.7 Å². The number of halogens is 1. The molecule has 26 heavy (non-hydrogen) atoms. The molecule has 0 aliphatic heterocycles. The number of primary amides is 1. The number of carbonyl (C=O) groups excluding carboxylic acids is 1. The van der Waals surface area contributed by atoms with Crippen LogP contribution in [0.1, 0.15) is 64.0 Å². The van der Waals surface area contributed by atoms with Crippen LogP contribution >= 0.6 is 0 Å². The largest absolute Gasteiger partial charge is 0.446 e. The number of hydrogen-bond donors (Lipinski definition) is 3. The van der Waals surface area contributed by atoms with Crippen molar-refractivity contribution in [3.8, 4) is 0 Å². The van der Waals surface area contributed by atoms with E-state index in [-0.39, 0.29) is 17.5 Å². The average Bonchev–Trinajstić information content (AvgIpc) is 2.59. The van der Waals surface area contributed by atoms with Crippen LogP contribution in [-0.2, 0) is 4.74 Å². The highest BCUT2D eigenvalue weighted by Crippen LogP contribution is 2.31. The summed E-state index contributed by atoms with van der Waals surface area (Å²) in [7, 11) is 0. The molecule has 146 valence electrons. The molecule has 1 atom stereocenters. The first-order valence-electron chi connectivity index (χ1n) is 9.40. The van der Waals surface area contributed by atoms with Gasteiger partial charge in [-0.1, -0.05) is 12.1 Å². The monoisotopic (exact) mass is 366 g/mol. The third-order valence-electron chi connectivity index (χ3n) is 5.26. The molecule has 0 aromatic heterocycles. The standard InChI is InChI=1S/C20H31FN2O3/c1-20(2,23-13-18(24)15-4-3-5-16(21)12-15)11-10-14-6-8-17(9-7-14)26-19(22)25/h3-5,12,14,17-18,23-24H,6-11,13H2,1-2H3,(H2,22,25)/t14?,17?,18-/m0/s1. The van der Waals surface area contributed by atoms with Crippen molar-refractivity contribution in [1.82, 2.24) is 5.32 Å². The first kappa shape index (κ1) is 20.6. The van der Waals surface area contributed by atoms with Crippen LogP contribution in [0.4, 0.5) is 9.18 Å². The summed E-state index contributed by atoms with van der Waals surface area (Å²) in [6.45, 7) is 4.62. The molecule has 0 radical (unpaired) electrons. The minimum Gasteiger partial charge on any atom is -0.446 e. The van der Waals surface area contributed by atoms with Crippen molar-refractivity contribution < 1.29 is 19.0 Å². The fraction of sp³-hybridized carbons (Fsp3) is 0.650. The van der Waals surface area contributed by atoms with Crippen molar-refractivity contribution in [2.24, 2.45) is 11.7 Å². The van der Waals surface area contributed by atoms with Crippen LogP contribution in [0.2, 0.25) is 0 Å². The van der Waals surface area contributed by atoms with Gasteiger partial charge in [-0.15, -0.1) is 0 Å². The smallest absolute Gasteiger partial charge is 0.404 e. The van der Waals surface area contributed by atoms with E-state index >= 15 is 0 Å². The normalized spacial score (nSPS) is 22.0. The lowest BCUT2D eigenvalue weighted by Gasteiger charge is -2.32.